The van der Waals surface area contributed by atoms with E-state index < -0.39 is 0 Å². The Labute approximate surface area is 158 Å². The number of hydrogen-bond acceptors (Lipinski definition) is 4. The number of ether oxygens (including phenoxy) is 1. The Morgan fingerprint density at radius 3 is 2.61 bits per heavy atom. The Morgan fingerprint density at radius 1 is 1.17 bits per heavy atom. The van der Waals surface area contributed by atoms with E-state index in [-0.39, 0.29) is 24.0 Å². The Kier molecular flexibility index (Phi) is 11.2. The molecule has 6 nitrogen and oxygen atoms in total. The molecule has 0 aromatic carbocycles. The second-order valence-electron chi connectivity index (χ2n) is 6.37. The molecule has 2 fully saturated rings. The Balaban J connectivity index is 0.00000264. The molecule has 1 atom stereocenters. The predicted molar refractivity (Wildman–Crippen MR) is 107 cm³/mol. The lowest BCUT2D eigenvalue weighted by atomic mass is 10.2. The number of unbranched alkanes of at least 4 members (excludes halogenated alkanes) is 1. The number of hydrogen-bond donors (Lipinski definition) is 2. The molecule has 7 heteroatoms. The van der Waals surface area contributed by atoms with Crippen molar-refractivity contribution in [3.05, 3.63) is 0 Å². The molecule has 2 heterocycles. The molecule has 23 heavy (non-hydrogen) atoms. The summed E-state index contributed by atoms with van der Waals surface area (Å²) in [7, 11) is 4.03. The van der Waals surface area contributed by atoms with Crippen LogP contribution in [0.5, 0.6) is 0 Å². The molecule has 0 amide bonds. The van der Waals surface area contributed by atoms with Gasteiger partial charge in [-0.15, -0.1) is 24.0 Å². The van der Waals surface area contributed by atoms with Gasteiger partial charge in [0.2, 0.25) is 0 Å². The minimum absolute atomic E-state index is 0. The fraction of sp³-hybridized carbons (Fsp3) is 0.938. The summed E-state index contributed by atoms with van der Waals surface area (Å²) < 4.78 is 5.61. The quantitative estimate of drug-likeness (QED) is 0.268. The maximum Gasteiger partial charge on any atom is 0.191 e. The average molecular weight is 439 g/mol. The van der Waals surface area contributed by atoms with Gasteiger partial charge in [-0.2, -0.15) is 0 Å². The van der Waals surface area contributed by atoms with E-state index >= 15 is 0 Å². The van der Waals surface area contributed by atoms with Crippen LogP contribution in [-0.2, 0) is 4.74 Å². The number of piperazine rings is 1. The maximum absolute atomic E-state index is 5.61. The monoisotopic (exact) mass is 439 g/mol. The summed E-state index contributed by atoms with van der Waals surface area (Å²) in [5, 5.41) is 6.75. The predicted octanol–water partition coefficient (Wildman–Crippen LogP) is 0.976. The van der Waals surface area contributed by atoms with E-state index in [0.717, 1.165) is 32.1 Å². The third-order valence-electron chi connectivity index (χ3n) is 4.53. The van der Waals surface area contributed by atoms with Crippen molar-refractivity contribution in [1.29, 1.82) is 0 Å². The van der Waals surface area contributed by atoms with Crippen LogP contribution in [0.15, 0.2) is 4.99 Å². The zero-order valence-corrected chi connectivity index (χ0v) is 17.1. The van der Waals surface area contributed by atoms with Crippen molar-refractivity contribution in [3.8, 4) is 0 Å². The number of rotatable bonds is 7. The van der Waals surface area contributed by atoms with Gasteiger partial charge in [-0.1, -0.05) is 0 Å². The van der Waals surface area contributed by atoms with E-state index in [1.54, 1.807) is 0 Å². The van der Waals surface area contributed by atoms with Crippen molar-refractivity contribution in [1.82, 2.24) is 20.4 Å². The first-order valence-electron chi connectivity index (χ1n) is 8.75. The van der Waals surface area contributed by atoms with Crippen molar-refractivity contribution in [2.75, 3.05) is 66.5 Å². The highest BCUT2D eigenvalue weighted by atomic mass is 127. The molecule has 2 aliphatic rings. The summed E-state index contributed by atoms with van der Waals surface area (Å²) in [5.41, 5.74) is 0. The van der Waals surface area contributed by atoms with Crippen molar-refractivity contribution in [2.45, 2.75) is 31.8 Å². The molecule has 2 saturated heterocycles. The number of guanidine groups is 1. The van der Waals surface area contributed by atoms with Gasteiger partial charge >= 0.3 is 0 Å². The molecule has 0 radical (unpaired) electrons. The van der Waals surface area contributed by atoms with Gasteiger partial charge in [-0.3, -0.25) is 4.99 Å². The van der Waals surface area contributed by atoms with Crippen LogP contribution in [0.3, 0.4) is 0 Å². The molecule has 0 saturated carbocycles. The lowest BCUT2D eigenvalue weighted by molar-refractivity contribution is 0.114. The van der Waals surface area contributed by atoms with Crippen LogP contribution in [0.25, 0.3) is 0 Å². The Bertz CT molecular complexity index is 328. The summed E-state index contributed by atoms with van der Waals surface area (Å²) in [5.74, 6) is 0.898. The van der Waals surface area contributed by atoms with Crippen LogP contribution < -0.4 is 10.6 Å². The summed E-state index contributed by atoms with van der Waals surface area (Å²) in [6, 6.07) is 0. The maximum atomic E-state index is 5.61. The van der Waals surface area contributed by atoms with Gasteiger partial charge in [0, 0.05) is 52.9 Å². The third kappa shape index (κ3) is 8.51. The normalized spacial score (nSPS) is 23.6. The lowest BCUT2D eigenvalue weighted by Gasteiger charge is -2.32. The zero-order valence-electron chi connectivity index (χ0n) is 14.7. The number of aliphatic imine (C=N–C) groups is 1. The molecule has 2 aliphatic heterocycles. The molecule has 1 unspecified atom stereocenters. The molecule has 0 aromatic rings. The van der Waals surface area contributed by atoms with E-state index in [2.05, 4.69) is 32.5 Å². The molecule has 0 aliphatic carbocycles. The van der Waals surface area contributed by atoms with Gasteiger partial charge in [0.05, 0.1) is 6.10 Å². The first kappa shape index (κ1) is 20.9. The van der Waals surface area contributed by atoms with Crippen LogP contribution in [0.1, 0.15) is 25.7 Å². The number of halogens is 1. The minimum atomic E-state index is 0. The fourth-order valence-corrected chi connectivity index (χ4v) is 2.98. The highest BCUT2D eigenvalue weighted by Gasteiger charge is 2.15. The van der Waals surface area contributed by atoms with Crippen LogP contribution in [-0.4, -0.2) is 88.4 Å². The molecule has 0 aromatic heterocycles. The van der Waals surface area contributed by atoms with Gasteiger partial charge in [0.25, 0.3) is 0 Å². The highest BCUT2D eigenvalue weighted by Crippen LogP contribution is 2.10. The lowest BCUT2D eigenvalue weighted by Crippen LogP contribution is -2.45. The van der Waals surface area contributed by atoms with Crippen molar-refractivity contribution >= 4 is 29.9 Å². The molecule has 2 N–H and O–H groups in total. The van der Waals surface area contributed by atoms with Crippen LogP contribution in [0.2, 0.25) is 0 Å². The van der Waals surface area contributed by atoms with Gasteiger partial charge in [0.15, 0.2) is 5.96 Å². The van der Waals surface area contributed by atoms with Crippen LogP contribution in [0.4, 0.5) is 0 Å². The van der Waals surface area contributed by atoms with E-state index in [9.17, 15) is 0 Å². The SMILES string of the molecule is CN=C(NCCCCN1CCN(C)CC1)NCC1CCCO1.I. The van der Waals surface area contributed by atoms with Gasteiger partial charge in [-0.25, -0.2) is 0 Å². The Hall–Kier alpha value is -0.120. The van der Waals surface area contributed by atoms with E-state index in [4.69, 9.17) is 4.74 Å². The summed E-state index contributed by atoms with van der Waals surface area (Å²) >= 11 is 0. The standard InChI is InChI=1S/C16H33N5O.HI/c1-17-16(19-14-15-6-5-13-22-15)18-7-3-4-8-21-11-9-20(2)10-12-21;/h15H,3-14H2,1-2H3,(H2,17,18,19);1H. The smallest absolute Gasteiger partial charge is 0.191 e. The molecule has 2 rings (SSSR count). The number of nitrogens with one attached hydrogen (secondary N) is 2. The van der Waals surface area contributed by atoms with E-state index in [1.165, 1.54) is 52.0 Å². The molecule has 0 spiro atoms. The highest BCUT2D eigenvalue weighted by molar-refractivity contribution is 14.0. The topological polar surface area (TPSA) is 52.1 Å². The molecular weight excluding hydrogens is 405 g/mol. The summed E-state index contributed by atoms with van der Waals surface area (Å²) in [6.07, 6.45) is 5.14. The number of nitrogens with zero attached hydrogens (tertiary/aromatic N) is 3. The first-order valence-corrected chi connectivity index (χ1v) is 8.75. The minimum Gasteiger partial charge on any atom is -0.376 e. The number of likely N-dealkylation sites (N-methyl/N-ethyl adjacent to an activating group) is 1. The van der Waals surface area contributed by atoms with Crippen LogP contribution >= 0.6 is 24.0 Å². The second kappa shape index (κ2) is 12.3. The molecular formula is C16H34IN5O. The fourth-order valence-electron chi connectivity index (χ4n) is 2.98. The zero-order chi connectivity index (χ0) is 15.6. The summed E-state index contributed by atoms with van der Waals surface area (Å²) in [6.45, 7) is 8.82. The summed E-state index contributed by atoms with van der Waals surface area (Å²) in [4.78, 5) is 9.25. The average Bonchev–Trinajstić information content (AvgIpc) is 3.05. The molecule has 136 valence electrons. The second-order valence-corrected chi connectivity index (χ2v) is 6.37. The van der Waals surface area contributed by atoms with Crippen molar-refractivity contribution < 1.29 is 4.74 Å². The third-order valence-corrected chi connectivity index (χ3v) is 4.53. The van der Waals surface area contributed by atoms with E-state index in [0.29, 0.717) is 6.10 Å². The molecule has 0 bridgehead atoms. The van der Waals surface area contributed by atoms with Gasteiger partial charge < -0.3 is 25.2 Å². The van der Waals surface area contributed by atoms with Crippen LogP contribution in [0, 0.1) is 0 Å². The van der Waals surface area contributed by atoms with Crippen molar-refractivity contribution in [3.63, 3.8) is 0 Å². The van der Waals surface area contributed by atoms with E-state index in [1.807, 2.05) is 7.05 Å². The Morgan fingerprint density at radius 2 is 1.96 bits per heavy atom. The van der Waals surface area contributed by atoms with Crippen molar-refractivity contribution in [2.24, 2.45) is 4.99 Å². The first-order chi connectivity index (χ1) is 10.8. The van der Waals surface area contributed by atoms with Gasteiger partial charge in [-0.05, 0) is 39.3 Å². The van der Waals surface area contributed by atoms with Gasteiger partial charge in [0.1, 0.15) is 0 Å². The largest absolute Gasteiger partial charge is 0.376 e.